The van der Waals surface area contributed by atoms with Crippen LogP contribution < -0.4 is 10.0 Å². The molecular weight excluding hydrogens is 464 g/mol. The average molecular weight is 497 g/mol. The van der Waals surface area contributed by atoms with Crippen LogP contribution in [0.2, 0.25) is 0 Å². The van der Waals surface area contributed by atoms with Crippen molar-refractivity contribution in [3.8, 4) is 0 Å². The van der Waals surface area contributed by atoms with Crippen molar-refractivity contribution >= 4 is 18.0 Å². The van der Waals surface area contributed by atoms with Gasteiger partial charge in [-0.15, -0.1) is 0 Å². The topological polar surface area (TPSA) is 121 Å². The summed E-state index contributed by atoms with van der Waals surface area (Å²) in [5.41, 5.74) is 2.39. The van der Waals surface area contributed by atoms with Crippen LogP contribution in [0.4, 0.5) is 4.79 Å². The SMILES string of the molecule is O=C([O-])/C=C/C(=O)O.O=C1O[C@H](Cc2ccccc2)CN1[C@@H](CC[NH+]1CCOCC1)c1ccccc1. The lowest BCUT2D eigenvalue weighted by Crippen LogP contribution is -3.14. The third-order valence-electron chi connectivity index (χ3n) is 6.10. The third-order valence-corrected chi connectivity index (χ3v) is 6.10. The van der Waals surface area contributed by atoms with E-state index in [4.69, 9.17) is 14.6 Å². The number of quaternary nitrogens is 1. The van der Waals surface area contributed by atoms with Gasteiger partial charge in [0.2, 0.25) is 0 Å². The van der Waals surface area contributed by atoms with Crippen molar-refractivity contribution in [2.24, 2.45) is 0 Å². The number of carbonyl (C=O) groups is 3. The zero-order chi connectivity index (χ0) is 25.8. The highest BCUT2D eigenvalue weighted by molar-refractivity contribution is 5.88. The van der Waals surface area contributed by atoms with E-state index in [1.165, 1.54) is 11.1 Å². The van der Waals surface area contributed by atoms with Crippen molar-refractivity contribution in [1.29, 1.82) is 0 Å². The highest BCUT2D eigenvalue weighted by Crippen LogP contribution is 2.29. The lowest BCUT2D eigenvalue weighted by Gasteiger charge is -2.29. The number of benzene rings is 2. The molecule has 2 aliphatic heterocycles. The molecule has 0 aromatic heterocycles. The molecule has 1 amide bonds. The molecule has 2 atom stereocenters. The smallest absolute Gasteiger partial charge is 0.410 e. The van der Waals surface area contributed by atoms with Gasteiger partial charge in [0.25, 0.3) is 0 Å². The van der Waals surface area contributed by atoms with E-state index >= 15 is 0 Å². The first kappa shape index (κ1) is 26.9. The fourth-order valence-corrected chi connectivity index (χ4v) is 4.35. The molecule has 0 saturated carbocycles. The fraction of sp³-hybridized carbons (Fsp3) is 0.370. The Kier molecular flexibility index (Phi) is 10.5. The first-order chi connectivity index (χ1) is 17.4. The van der Waals surface area contributed by atoms with E-state index in [-0.39, 0.29) is 18.2 Å². The summed E-state index contributed by atoms with van der Waals surface area (Å²) in [6.07, 6.45) is 2.37. The van der Waals surface area contributed by atoms with Crippen LogP contribution in [0.5, 0.6) is 0 Å². The summed E-state index contributed by atoms with van der Waals surface area (Å²) in [4.78, 5) is 35.2. The molecule has 0 bridgehead atoms. The van der Waals surface area contributed by atoms with Gasteiger partial charge in [-0.2, -0.15) is 0 Å². The lowest BCUT2D eigenvalue weighted by molar-refractivity contribution is -0.908. The first-order valence-corrected chi connectivity index (χ1v) is 12.0. The van der Waals surface area contributed by atoms with E-state index < -0.39 is 11.9 Å². The van der Waals surface area contributed by atoms with Crippen molar-refractivity contribution in [1.82, 2.24) is 4.90 Å². The number of nitrogens with one attached hydrogen (secondary N) is 1. The second kappa shape index (κ2) is 14.0. The Morgan fingerprint density at radius 1 is 1.06 bits per heavy atom. The third kappa shape index (κ3) is 8.83. The summed E-state index contributed by atoms with van der Waals surface area (Å²) in [5, 5.41) is 17.2. The molecule has 2 heterocycles. The molecule has 0 radical (unpaired) electrons. The van der Waals surface area contributed by atoms with Crippen LogP contribution in [-0.4, -0.2) is 73.5 Å². The number of morpholine rings is 1. The van der Waals surface area contributed by atoms with E-state index in [9.17, 15) is 19.5 Å². The minimum absolute atomic E-state index is 0.0600. The molecule has 2 fully saturated rings. The molecule has 2 aliphatic rings. The number of carboxylic acid groups (broad SMARTS) is 2. The monoisotopic (exact) mass is 496 g/mol. The highest BCUT2D eigenvalue weighted by atomic mass is 16.6. The molecule has 2 aromatic carbocycles. The van der Waals surface area contributed by atoms with E-state index in [0.717, 1.165) is 45.7 Å². The van der Waals surface area contributed by atoms with Crippen molar-refractivity contribution in [3.05, 3.63) is 83.9 Å². The summed E-state index contributed by atoms with van der Waals surface area (Å²) < 4.78 is 11.2. The molecule has 192 valence electrons. The Balaban J connectivity index is 0.000000392. The number of hydrogen-bond acceptors (Lipinski definition) is 6. The van der Waals surface area contributed by atoms with Gasteiger partial charge < -0.3 is 29.4 Å². The number of carboxylic acids is 2. The van der Waals surface area contributed by atoms with Crippen LogP contribution in [0, 0.1) is 0 Å². The average Bonchev–Trinajstić information content (AvgIpc) is 3.24. The normalized spacial score (nSPS) is 18.8. The van der Waals surface area contributed by atoms with Crippen LogP contribution >= 0.6 is 0 Å². The molecular formula is C27H32N2O7. The van der Waals surface area contributed by atoms with Crippen LogP contribution in [0.15, 0.2) is 72.8 Å². The molecule has 0 unspecified atom stereocenters. The fourth-order valence-electron chi connectivity index (χ4n) is 4.35. The lowest BCUT2D eigenvalue weighted by atomic mass is 10.0. The molecule has 2 saturated heterocycles. The van der Waals surface area contributed by atoms with Gasteiger partial charge in [-0.1, -0.05) is 60.7 Å². The van der Waals surface area contributed by atoms with Gasteiger partial charge in [0, 0.05) is 18.9 Å². The number of carbonyl (C=O) groups excluding carboxylic acids is 2. The Hall–Kier alpha value is -3.69. The minimum Gasteiger partial charge on any atom is -0.545 e. The highest BCUT2D eigenvalue weighted by Gasteiger charge is 2.37. The van der Waals surface area contributed by atoms with Gasteiger partial charge in [-0.3, -0.25) is 4.90 Å². The number of amides is 1. The Bertz CT molecular complexity index is 991. The summed E-state index contributed by atoms with van der Waals surface area (Å²) in [6.45, 7) is 5.43. The Morgan fingerprint density at radius 2 is 1.69 bits per heavy atom. The van der Waals surface area contributed by atoms with E-state index in [2.05, 4.69) is 24.3 Å². The van der Waals surface area contributed by atoms with E-state index in [0.29, 0.717) is 18.7 Å². The van der Waals surface area contributed by atoms with Crippen molar-refractivity contribution in [2.75, 3.05) is 39.4 Å². The number of ether oxygens (including phenoxy) is 2. The van der Waals surface area contributed by atoms with Gasteiger partial charge >= 0.3 is 12.1 Å². The zero-order valence-corrected chi connectivity index (χ0v) is 20.1. The molecule has 36 heavy (non-hydrogen) atoms. The van der Waals surface area contributed by atoms with Gasteiger partial charge in [-0.25, -0.2) is 9.59 Å². The first-order valence-electron chi connectivity index (χ1n) is 12.0. The van der Waals surface area contributed by atoms with E-state index in [1.807, 2.05) is 41.3 Å². The minimum atomic E-state index is -1.51. The van der Waals surface area contributed by atoms with E-state index in [1.54, 1.807) is 4.90 Å². The van der Waals surface area contributed by atoms with Crippen molar-refractivity contribution < 1.29 is 39.0 Å². The molecule has 9 heteroatoms. The number of cyclic esters (lactones) is 1. The van der Waals surface area contributed by atoms with Crippen LogP contribution in [0.3, 0.4) is 0 Å². The van der Waals surface area contributed by atoms with Gasteiger partial charge in [-0.05, 0) is 17.2 Å². The Labute approximate surface area is 210 Å². The number of rotatable bonds is 9. The number of aliphatic carboxylic acids is 2. The maximum absolute atomic E-state index is 12.7. The summed E-state index contributed by atoms with van der Waals surface area (Å²) >= 11 is 0. The largest absolute Gasteiger partial charge is 0.545 e. The maximum atomic E-state index is 12.7. The van der Waals surface area contributed by atoms with Gasteiger partial charge in [0.1, 0.15) is 19.2 Å². The molecule has 2 N–H and O–H groups in total. The zero-order valence-electron chi connectivity index (χ0n) is 20.1. The second-order valence-corrected chi connectivity index (χ2v) is 8.67. The molecule has 4 rings (SSSR count). The van der Waals surface area contributed by atoms with Gasteiger partial charge in [0.15, 0.2) is 0 Å². The standard InChI is InChI=1S/C23H28N2O3.C4H4O4/c26-23-25(18-21(28-23)17-19-7-3-1-4-8-19)22(20-9-5-2-6-10-20)11-12-24-13-15-27-16-14-24;5-3(6)1-2-4(7)8/h1-10,21-22H,11-18H2;1-2H,(H,5,6)(H,7,8)/b;2-1+/t21-,22+;/m1./s1. The molecule has 9 nitrogen and oxygen atoms in total. The molecule has 0 spiro atoms. The van der Waals surface area contributed by atoms with Crippen LogP contribution in [-0.2, 0) is 25.5 Å². The quantitative estimate of drug-likeness (QED) is 0.484. The maximum Gasteiger partial charge on any atom is 0.410 e. The Morgan fingerprint density at radius 3 is 2.28 bits per heavy atom. The predicted molar refractivity (Wildman–Crippen MR) is 129 cm³/mol. The van der Waals surface area contributed by atoms with Crippen molar-refractivity contribution in [3.63, 3.8) is 0 Å². The summed E-state index contributed by atoms with van der Waals surface area (Å²) in [6, 6.07) is 20.7. The van der Waals surface area contributed by atoms with Gasteiger partial charge in [0.05, 0.1) is 38.3 Å². The van der Waals surface area contributed by atoms with Crippen molar-refractivity contribution in [2.45, 2.75) is 25.0 Å². The molecule has 2 aromatic rings. The molecule has 0 aliphatic carbocycles. The summed E-state index contributed by atoms with van der Waals surface area (Å²) in [7, 11) is 0. The predicted octanol–water partition coefficient (Wildman–Crippen LogP) is 0.474. The second-order valence-electron chi connectivity index (χ2n) is 8.67. The van der Waals surface area contributed by atoms with Crippen LogP contribution in [0.25, 0.3) is 0 Å². The van der Waals surface area contributed by atoms with Crippen LogP contribution in [0.1, 0.15) is 23.6 Å². The number of nitrogens with zero attached hydrogens (tertiary/aromatic N) is 1. The number of hydrogen-bond donors (Lipinski definition) is 2. The summed E-state index contributed by atoms with van der Waals surface area (Å²) in [5.74, 6) is -2.80.